The fraction of sp³-hybridized carbons (Fsp3) is 0.926. The van der Waals surface area contributed by atoms with Crippen LogP contribution in [0.2, 0.25) is 0 Å². The van der Waals surface area contributed by atoms with Crippen LogP contribution in [0.25, 0.3) is 0 Å². The Kier molecular flexibility index (Phi) is 4.44. The van der Waals surface area contributed by atoms with E-state index in [1.807, 2.05) is 0 Å². The molecule has 3 heteroatoms. The van der Waals surface area contributed by atoms with Gasteiger partial charge in [-0.05, 0) is 91.8 Å². The van der Waals surface area contributed by atoms with Gasteiger partial charge in [-0.2, -0.15) is 0 Å². The summed E-state index contributed by atoms with van der Waals surface area (Å²) in [6.07, 6.45) is 13.5. The molecule has 2 saturated heterocycles. The van der Waals surface area contributed by atoms with Crippen LogP contribution in [0.15, 0.2) is 11.6 Å². The van der Waals surface area contributed by atoms with Crippen LogP contribution >= 0.6 is 0 Å². The van der Waals surface area contributed by atoms with E-state index in [1.165, 1.54) is 38.5 Å². The number of ether oxygens (including phenoxy) is 2. The van der Waals surface area contributed by atoms with E-state index in [0.717, 1.165) is 43.6 Å². The molecule has 3 unspecified atom stereocenters. The Morgan fingerprint density at radius 3 is 2.63 bits per heavy atom. The first kappa shape index (κ1) is 20.2. The van der Waals surface area contributed by atoms with E-state index in [0.29, 0.717) is 34.7 Å². The normalized spacial score (nSPS) is 59.8. The van der Waals surface area contributed by atoms with Gasteiger partial charge >= 0.3 is 0 Å². The van der Waals surface area contributed by atoms with E-state index in [4.69, 9.17) is 9.47 Å². The van der Waals surface area contributed by atoms with Crippen molar-refractivity contribution in [2.24, 2.45) is 46.3 Å². The highest BCUT2D eigenvalue weighted by Crippen LogP contribution is 2.70. The number of aliphatic hydroxyl groups excluding tert-OH is 1. The van der Waals surface area contributed by atoms with E-state index < -0.39 is 0 Å². The molecular weight excluding hydrogens is 372 g/mol. The zero-order chi connectivity index (χ0) is 20.9. The molecule has 168 valence electrons. The van der Waals surface area contributed by atoms with Gasteiger partial charge < -0.3 is 14.6 Å². The molecule has 0 aromatic carbocycles. The molecule has 6 aliphatic rings. The molecule has 30 heavy (non-hydrogen) atoms. The summed E-state index contributed by atoms with van der Waals surface area (Å²) in [4.78, 5) is 0. The lowest BCUT2D eigenvalue weighted by Gasteiger charge is -2.58. The molecule has 1 N–H and O–H groups in total. The first-order valence-corrected chi connectivity index (χ1v) is 13.0. The third kappa shape index (κ3) is 2.55. The number of fused-ring (bicyclic) bond motifs is 7. The van der Waals surface area contributed by atoms with Gasteiger partial charge in [-0.3, -0.25) is 0 Å². The largest absolute Gasteiger partial charge is 0.393 e. The summed E-state index contributed by atoms with van der Waals surface area (Å²) >= 11 is 0. The number of aliphatic hydroxyl groups is 1. The molecule has 0 aromatic rings. The minimum Gasteiger partial charge on any atom is -0.393 e. The minimum absolute atomic E-state index is 0.107. The summed E-state index contributed by atoms with van der Waals surface area (Å²) in [5, 5.41) is 10.3. The van der Waals surface area contributed by atoms with Crippen LogP contribution in [0, 0.1) is 46.3 Å². The van der Waals surface area contributed by atoms with Crippen LogP contribution in [-0.2, 0) is 9.47 Å². The first-order valence-electron chi connectivity index (χ1n) is 13.0. The van der Waals surface area contributed by atoms with Crippen LogP contribution in [-0.4, -0.2) is 29.7 Å². The Bertz CT molecular complexity index is 736. The van der Waals surface area contributed by atoms with Crippen LogP contribution < -0.4 is 0 Å². The molecule has 0 bridgehead atoms. The first-order chi connectivity index (χ1) is 14.3. The Morgan fingerprint density at radius 1 is 1.03 bits per heavy atom. The fourth-order valence-corrected chi connectivity index (χ4v) is 9.66. The van der Waals surface area contributed by atoms with Gasteiger partial charge in [0.1, 0.15) is 0 Å². The van der Waals surface area contributed by atoms with Crippen LogP contribution in [0.5, 0.6) is 0 Å². The standard InChI is InChI=1S/C27H42O3/c1-16-7-12-27(29-15-16)17(2)24-23(30-27)14-22-20-6-5-18-13-19(28)8-10-25(18,3)21(20)9-11-26(22,24)4/h5,16-17,19-24,28H,6-15H2,1-4H3/t16?,17?,19?,20-,21+,22+,23+,24-,25+,26+,27+/m1/s1. The highest BCUT2D eigenvalue weighted by atomic mass is 16.7. The Balaban J connectivity index is 1.28. The maximum Gasteiger partial charge on any atom is 0.171 e. The van der Waals surface area contributed by atoms with Gasteiger partial charge in [-0.1, -0.05) is 39.3 Å². The topological polar surface area (TPSA) is 38.7 Å². The van der Waals surface area contributed by atoms with Crippen LogP contribution in [0.4, 0.5) is 0 Å². The molecule has 11 atom stereocenters. The second kappa shape index (κ2) is 6.58. The second-order valence-electron chi connectivity index (χ2n) is 12.7. The van der Waals surface area contributed by atoms with Gasteiger partial charge in [0.25, 0.3) is 0 Å². The van der Waals surface area contributed by atoms with Gasteiger partial charge in [-0.25, -0.2) is 0 Å². The van der Waals surface area contributed by atoms with Gasteiger partial charge in [0.2, 0.25) is 0 Å². The molecule has 0 amide bonds. The van der Waals surface area contributed by atoms with Crippen molar-refractivity contribution in [3.05, 3.63) is 11.6 Å². The molecular formula is C27H42O3. The summed E-state index contributed by atoms with van der Waals surface area (Å²) in [5.41, 5.74) is 2.31. The summed E-state index contributed by atoms with van der Waals surface area (Å²) in [7, 11) is 0. The summed E-state index contributed by atoms with van der Waals surface area (Å²) in [6.45, 7) is 10.8. The van der Waals surface area contributed by atoms with Crippen molar-refractivity contribution in [2.75, 3.05) is 6.61 Å². The maximum atomic E-state index is 10.3. The Hall–Kier alpha value is -0.380. The Morgan fingerprint density at radius 2 is 1.87 bits per heavy atom. The zero-order valence-corrected chi connectivity index (χ0v) is 19.5. The molecule has 2 heterocycles. The zero-order valence-electron chi connectivity index (χ0n) is 19.5. The van der Waals surface area contributed by atoms with Gasteiger partial charge in [0.05, 0.1) is 18.8 Å². The minimum atomic E-state index is -0.294. The smallest absolute Gasteiger partial charge is 0.171 e. The van der Waals surface area contributed by atoms with Crippen molar-refractivity contribution in [1.82, 2.24) is 0 Å². The number of allylic oxidation sites excluding steroid dienone is 1. The third-order valence-electron chi connectivity index (χ3n) is 11.3. The van der Waals surface area contributed by atoms with Crippen molar-refractivity contribution in [3.63, 3.8) is 0 Å². The predicted molar refractivity (Wildman–Crippen MR) is 118 cm³/mol. The second-order valence-corrected chi connectivity index (χ2v) is 12.7. The molecule has 5 fully saturated rings. The van der Waals surface area contributed by atoms with Gasteiger partial charge in [-0.15, -0.1) is 0 Å². The lowest BCUT2D eigenvalue weighted by Crippen LogP contribution is -2.52. The van der Waals surface area contributed by atoms with E-state index in [-0.39, 0.29) is 11.9 Å². The molecule has 0 aromatic heterocycles. The van der Waals surface area contributed by atoms with Crippen molar-refractivity contribution >= 4 is 0 Å². The maximum absolute atomic E-state index is 10.3. The number of hydrogen-bond acceptors (Lipinski definition) is 3. The van der Waals surface area contributed by atoms with Crippen molar-refractivity contribution in [2.45, 2.75) is 103 Å². The molecule has 6 rings (SSSR count). The lowest BCUT2D eigenvalue weighted by atomic mass is 9.47. The van der Waals surface area contributed by atoms with Crippen molar-refractivity contribution in [1.29, 1.82) is 0 Å². The molecule has 3 saturated carbocycles. The van der Waals surface area contributed by atoms with Crippen molar-refractivity contribution in [3.8, 4) is 0 Å². The molecule has 0 radical (unpaired) electrons. The van der Waals surface area contributed by atoms with Gasteiger partial charge in [0, 0.05) is 12.3 Å². The number of hydrogen-bond donors (Lipinski definition) is 1. The molecule has 1 spiro atoms. The predicted octanol–water partition coefficient (Wildman–Crippen LogP) is 5.71. The van der Waals surface area contributed by atoms with Crippen LogP contribution in [0.3, 0.4) is 0 Å². The van der Waals surface area contributed by atoms with Crippen LogP contribution in [0.1, 0.15) is 85.5 Å². The SMILES string of the molecule is CC1CC[C@]2(OC1)O[C@H]1C[C@H]3[C@@H]4CC=C5CC(O)CC[C@]5(C)[C@H]4CC[C@]3(C)[C@@H]1C2C. The van der Waals surface area contributed by atoms with Gasteiger partial charge in [0.15, 0.2) is 5.79 Å². The Labute approximate surface area is 183 Å². The average Bonchev–Trinajstić information content (AvgIpc) is 3.16. The average molecular weight is 415 g/mol. The van der Waals surface area contributed by atoms with Crippen molar-refractivity contribution < 1.29 is 14.6 Å². The number of rotatable bonds is 0. The third-order valence-corrected chi connectivity index (χ3v) is 11.3. The lowest BCUT2D eigenvalue weighted by molar-refractivity contribution is -0.272. The summed E-state index contributed by atoms with van der Waals surface area (Å²) in [6, 6.07) is 0. The highest BCUT2D eigenvalue weighted by Gasteiger charge is 2.68. The fourth-order valence-electron chi connectivity index (χ4n) is 9.66. The molecule has 4 aliphatic carbocycles. The summed E-state index contributed by atoms with van der Waals surface area (Å²) < 4.78 is 13.3. The quantitative estimate of drug-likeness (QED) is 0.516. The van der Waals surface area contributed by atoms with E-state index in [2.05, 4.69) is 33.8 Å². The van der Waals surface area contributed by atoms with E-state index in [1.54, 1.807) is 5.57 Å². The summed E-state index contributed by atoms with van der Waals surface area (Å²) in [5.74, 6) is 3.94. The van der Waals surface area contributed by atoms with E-state index >= 15 is 0 Å². The highest BCUT2D eigenvalue weighted by molar-refractivity contribution is 5.26. The van der Waals surface area contributed by atoms with E-state index in [9.17, 15) is 5.11 Å². The molecule has 2 aliphatic heterocycles. The monoisotopic (exact) mass is 414 g/mol. The molecule has 3 nitrogen and oxygen atoms in total.